The van der Waals surface area contributed by atoms with E-state index in [-0.39, 0.29) is 25.9 Å². The molecule has 0 aliphatic heterocycles. The van der Waals surface area contributed by atoms with Gasteiger partial charge in [0.15, 0.2) is 0 Å². The van der Waals surface area contributed by atoms with Crippen LogP contribution >= 0.6 is 0 Å². The predicted octanol–water partition coefficient (Wildman–Crippen LogP) is 3.39. The number of carbonyl (C=O) groups excluding carboxylic acids is 1. The van der Waals surface area contributed by atoms with Gasteiger partial charge in [-0.15, -0.1) is 0 Å². The summed E-state index contributed by atoms with van der Waals surface area (Å²) in [5, 5.41) is -5.00. The minimum absolute atomic E-state index is 0.0264. The first kappa shape index (κ1) is 19.6. The third-order valence-electron chi connectivity index (χ3n) is 2.98. The number of unbranched alkanes of at least 4 members (excludes halogenated alkanes) is 1. The number of hydrogen-bond donors (Lipinski definition) is 1. The van der Waals surface area contributed by atoms with Crippen molar-refractivity contribution in [3.8, 4) is 0 Å². The van der Waals surface area contributed by atoms with Crippen molar-refractivity contribution in [3.05, 3.63) is 35.9 Å². The van der Waals surface area contributed by atoms with Crippen molar-refractivity contribution in [3.63, 3.8) is 0 Å². The summed E-state index contributed by atoms with van der Waals surface area (Å²) in [6.45, 7) is -0.185. The summed E-state index contributed by atoms with van der Waals surface area (Å²) in [4.78, 5) is 11.5. The van der Waals surface area contributed by atoms with Crippen LogP contribution in [0.3, 0.4) is 0 Å². The summed E-state index contributed by atoms with van der Waals surface area (Å²) in [5.41, 5.74) is 0.731. The average molecular weight is 356 g/mol. The molecule has 1 rings (SSSR count). The van der Waals surface area contributed by atoms with E-state index in [4.69, 9.17) is 9.29 Å². The van der Waals surface area contributed by atoms with E-state index in [1.54, 1.807) is 30.3 Å². The topological polar surface area (TPSA) is 63.6 Å². The lowest BCUT2D eigenvalue weighted by atomic mass is 10.1. The van der Waals surface area contributed by atoms with Crippen molar-refractivity contribution >= 4 is 17.0 Å². The van der Waals surface area contributed by atoms with E-state index in [1.807, 2.05) is 0 Å². The number of benzene rings is 1. The molecule has 0 spiro atoms. The van der Waals surface area contributed by atoms with Gasteiger partial charge in [0.05, 0.1) is 13.0 Å². The predicted molar refractivity (Wildman–Crippen MR) is 75.6 cm³/mol. The smallest absolute Gasteiger partial charge is 0.406 e. The standard InChI is InChI=1S/C14H16F4O4S/c15-13(16,14(17,18)23(20)21)8-4-5-9-22-12(19)10-11-6-2-1-3-7-11/h1-3,6-7H,4-5,8-10H2,(H,20,21). The number of alkyl halides is 4. The summed E-state index contributed by atoms with van der Waals surface area (Å²) in [7, 11) is 0. The Morgan fingerprint density at radius 1 is 1.13 bits per heavy atom. The molecule has 1 unspecified atom stereocenters. The van der Waals surface area contributed by atoms with Crippen molar-refractivity contribution in [1.29, 1.82) is 0 Å². The van der Waals surface area contributed by atoms with Gasteiger partial charge in [0.25, 0.3) is 0 Å². The number of ether oxygens (including phenoxy) is 1. The highest BCUT2D eigenvalue weighted by molar-refractivity contribution is 7.80. The van der Waals surface area contributed by atoms with Crippen LogP contribution in [0.1, 0.15) is 24.8 Å². The Morgan fingerprint density at radius 3 is 2.30 bits per heavy atom. The van der Waals surface area contributed by atoms with Gasteiger partial charge in [-0.05, 0) is 18.4 Å². The average Bonchev–Trinajstić information content (AvgIpc) is 2.47. The normalized spacial score (nSPS) is 13.6. The van der Waals surface area contributed by atoms with Crippen LogP contribution in [0.2, 0.25) is 0 Å². The molecule has 0 aliphatic carbocycles. The van der Waals surface area contributed by atoms with E-state index in [9.17, 15) is 26.6 Å². The van der Waals surface area contributed by atoms with Crippen LogP contribution in [-0.4, -0.2) is 32.5 Å². The lowest BCUT2D eigenvalue weighted by Crippen LogP contribution is -2.43. The molecule has 0 aliphatic rings. The maximum atomic E-state index is 13.1. The molecule has 0 bridgehead atoms. The lowest BCUT2D eigenvalue weighted by Gasteiger charge is -2.23. The van der Waals surface area contributed by atoms with E-state index in [0.29, 0.717) is 0 Å². The minimum Gasteiger partial charge on any atom is -0.465 e. The fourth-order valence-electron chi connectivity index (χ4n) is 1.72. The first-order valence-electron chi connectivity index (χ1n) is 6.73. The molecule has 0 fully saturated rings. The number of hydrogen-bond acceptors (Lipinski definition) is 3. The molecule has 0 amide bonds. The molecule has 0 radical (unpaired) electrons. The molecule has 1 aromatic carbocycles. The van der Waals surface area contributed by atoms with Crippen molar-refractivity contribution in [1.82, 2.24) is 0 Å². The summed E-state index contributed by atoms with van der Waals surface area (Å²) >= 11 is -3.95. The molecule has 23 heavy (non-hydrogen) atoms. The molecule has 0 aromatic heterocycles. The van der Waals surface area contributed by atoms with Gasteiger partial charge in [0.2, 0.25) is 11.1 Å². The number of esters is 1. The van der Waals surface area contributed by atoms with Gasteiger partial charge in [0.1, 0.15) is 0 Å². The zero-order valence-electron chi connectivity index (χ0n) is 12.0. The molecule has 9 heteroatoms. The summed E-state index contributed by atoms with van der Waals surface area (Å²) < 4.78 is 75.1. The maximum absolute atomic E-state index is 13.1. The number of carbonyl (C=O) groups is 1. The van der Waals surface area contributed by atoms with Crippen molar-refractivity contribution < 1.29 is 35.9 Å². The Morgan fingerprint density at radius 2 is 1.74 bits per heavy atom. The van der Waals surface area contributed by atoms with E-state index >= 15 is 0 Å². The highest BCUT2D eigenvalue weighted by Crippen LogP contribution is 2.40. The van der Waals surface area contributed by atoms with E-state index in [0.717, 1.165) is 5.56 Å². The van der Waals surface area contributed by atoms with Crippen molar-refractivity contribution in [2.75, 3.05) is 6.61 Å². The fraction of sp³-hybridized carbons (Fsp3) is 0.500. The molecule has 4 nitrogen and oxygen atoms in total. The Hall–Kier alpha value is -1.48. The van der Waals surface area contributed by atoms with Crippen LogP contribution in [0, 0.1) is 0 Å². The zero-order valence-corrected chi connectivity index (χ0v) is 12.8. The first-order valence-corrected chi connectivity index (χ1v) is 7.83. The third-order valence-corrected chi connectivity index (χ3v) is 3.72. The molecule has 130 valence electrons. The maximum Gasteiger partial charge on any atom is 0.406 e. The van der Waals surface area contributed by atoms with Gasteiger partial charge < -0.3 is 9.29 Å². The second kappa shape index (κ2) is 8.39. The minimum atomic E-state index is -5.00. The molecule has 0 saturated carbocycles. The Kier molecular flexibility index (Phi) is 7.14. The Bertz CT molecular complexity index is 537. The van der Waals surface area contributed by atoms with Crippen LogP contribution in [0.15, 0.2) is 30.3 Å². The molecular weight excluding hydrogens is 340 g/mol. The van der Waals surface area contributed by atoms with Crippen LogP contribution in [0.5, 0.6) is 0 Å². The quantitative estimate of drug-likeness (QED) is 0.319. The summed E-state index contributed by atoms with van der Waals surface area (Å²) in [6.07, 6.45) is -1.68. The zero-order chi connectivity index (χ0) is 17.5. The molecule has 0 saturated heterocycles. The summed E-state index contributed by atoms with van der Waals surface area (Å²) in [6, 6.07) is 8.72. The SMILES string of the molecule is O=C(Cc1ccccc1)OCCCCC(F)(F)C(F)(F)S(=O)O. The van der Waals surface area contributed by atoms with Crippen LogP contribution in [0.25, 0.3) is 0 Å². The summed E-state index contributed by atoms with van der Waals surface area (Å²) in [5.74, 6) is -5.15. The number of halogens is 4. The van der Waals surface area contributed by atoms with Crippen LogP contribution in [0.4, 0.5) is 17.6 Å². The Labute approximate surface area is 133 Å². The fourth-order valence-corrected chi connectivity index (χ4v) is 2.08. The highest BCUT2D eigenvalue weighted by Gasteiger charge is 2.60. The van der Waals surface area contributed by atoms with Gasteiger partial charge in [-0.3, -0.25) is 4.79 Å². The Balaban J connectivity index is 2.27. The molecule has 1 N–H and O–H groups in total. The third kappa shape index (κ3) is 5.91. The van der Waals surface area contributed by atoms with E-state index < -0.39 is 34.6 Å². The molecular formula is C14H16F4O4S. The molecule has 1 atom stereocenters. The van der Waals surface area contributed by atoms with Gasteiger partial charge in [-0.2, -0.15) is 17.6 Å². The lowest BCUT2D eigenvalue weighted by molar-refractivity contribution is -0.162. The molecule has 0 heterocycles. The van der Waals surface area contributed by atoms with Crippen LogP contribution in [-0.2, 0) is 27.0 Å². The largest absolute Gasteiger partial charge is 0.465 e. The van der Waals surface area contributed by atoms with Crippen molar-refractivity contribution in [2.45, 2.75) is 36.9 Å². The number of rotatable bonds is 9. The second-order valence-corrected chi connectivity index (χ2v) is 5.82. The van der Waals surface area contributed by atoms with Gasteiger partial charge in [-0.25, -0.2) is 4.21 Å². The monoisotopic (exact) mass is 356 g/mol. The van der Waals surface area contributed by atoms with Gasteiger partial charge in [-0.1, -0.05) is 30.3 Å². The highest BCUT2D eigenvalue weighted by atomic mass is 32.2. The molecule has 1 aromatic rings. The van der Waals surface area contributed by atoms with E-state index in [1.165, 1.54) is 0 Å². The van der Waals surface area contributed by atoms with Crippen LogP contribution < -0.4 is 0 Å². The van der Waals surface area contributed by atoms with Gasteiger partial charge in [0, 0.05) is 6.42 Å². The second-order valence-electron chi connectivity index (χ2n) is 4.81. The first-order chi connectivity index (χ1) is 10.7. The van der Waals surface area contributed by atoms with Gasteiger partial charge >= 0.3 is 17.1 Å². The van der Waals surface area contributed by atoms with Crippen molar-refractivity contribution in [2.24, 2.45) is 0 Å². The van der Waals surface area contributed by atoms with E-state index in [2.05, 4.69) is 0 Å².